The maximum atomic E-state index is 10.7. The molecule has 0 saturated carbocycles. The van der Waals surface area contributed by atoms with E-state index in [2.05, 4.69) is 4.74 Å². The van der Waals surface area contributed by atoms with Gasteiger partial charge in [-0.15, -0.1) is 0 Å². The number of rotatable bonds is 1. The third-order valence-corrected chi connectivity index (χ3v) is 1.85. The minimum Gasteiger partial charge on any atom is -0.829 e. The molecule has 0 aliphatic carbocycles. The Bertz CT molecular complexity index is 151. The SMILES string of the molecule is [Na+].[O-]C1O[C@H](CO)[C@@H](O)[C@H](O)[C@@H]1O. The van der Waals surface area contributed by atoms with E-state index in [-0.39, 0.29) is 29.6 Å². The van der Waals surface area contributed by atoms with Crippen molar-refractivity contribution in [3.63, 3.8) is 0 Å². The van der Waals surface area contributed by atoms with Gasteiger partial charge in [0.2, 0.25) is 0 Å². The molecule has 0 aromatic heterocycles. The fourth-order valence-electron chi connectivity index (χ4n) is 1.07. The molecule has 0 bridgehead atoms. The van der Waals surface area contributed by atoms with Crippen LogP contribution >= 0.6 is 0 Å². The Hall–Kier alpha value is 0.760. The van der Waals surface area contributed by atoms with Crippen molar-refractivity contribution in [2.24, 2.45) is 0 Å². The zero-order chi connectivity index (χ0) is 9.30. The zero-order valence-electron chi connectivity index (χ0n) is 7.20. The van der Waals surface area contributed by atoms with E-state index in [1.165, 1.54) is 0 Å². The molecule has 1 heterocycles. The monoisotopic (exact) mass is 202 g/mol. The molecule has 6 nitrogen and oxygen atoms in total. The molecule has 1 fully saturated rings. The summed E-state index contributed by atoms with van der Waals surface area (Å²) in [7, 11) is 0. The largest absolute Gasteiger partial charge is 1.00 e. The van der Waals surface area contributed by atoms with Gasteiger partial charge in [-0.05, 0) is 0 Å². The van der Waals surface area contributed by atoms with Crippen molar-refractivity contribution >= 4 is 0 Å². The van der Waals surface area contributed by atoms with Crippen LogP contribution in [0.25, 0.3) is 0 Å². The number of aliphatic hydroxyl groups excluding tert-OH is 4. The van der Waals surface area contributed by atoms with E-state index >= 15 is 0 Å². The predicted molar refractivity (Wildman–Crippen MR) is 33.8 cm³/mol. The van der Waals surface area contributed by atoms with Gasteiger partial charge in [-0.1, -0.05) is 0 Å². The van der Waals surface area contributed by atoms with E-state index in [0.29, 0.717) is 0 Å². The summed E-state index contributed by atoms with van der Waals surface area (Å²) in [6.45, 7) is -0.566. The van der Waals surface area contributed by atoms with Crippen molar-refractivity contribution in [1.29, 1.82) is 0 Å². The minimum atomic E-state index is -1.82. The van der Waals surface area contributed by atoms with E-state index in [0.717, 1.165) is 0 Å². The zero-order valence-corrected chi connectivity index (χ0v) is 9.20. The fourth-order valence-corrected chi connectivity index (χ4v) is 1.07. The van der Waals surface area contributed by atoms with Gasteiger partial charge in [0.15, 0.2) is 0 Å². The Kier molecular flexibility index (Phi) is 5.92. The Balaban J connectivity index is 0.00000144. The summed E-state index contributed by atoms with van der Waals surface area (Å²) in [4.78, 5) is 0. The first-order valence-electron chi connectivity index (χ1n) is 3.54. The van der Waals surface area contributed by atoms with Crippen molar-refractivity contribution in [3.05, 3.63) is 0 Å². The molecule has 13 heavy (non-hydrogen) atoms. The third kappa shape index (κ3) is 2.85. The summed E-state index contributed by atoms with van der Waals surface area (Å²) < 4.78 is 4.46. The van der Waals surface area contributed by atoms with Gasteiger partial charge in [-0.3, -0.25) is 0 Å². The second-order valence-corrected chi connectivity index (χ2v) is 2.70. The molecule has 1 aliphatic heterocycles. The molecule has 72 valence electrons. The van der Waals surface area contributed by atoms with E-state index in [9.17, 15) is 5.11 Å². The molecule has 0 amide bonds. The number of aliphatic hydroxyl groups is 4. The number of hydrogen-bond acceptors (Lipinski definition) is 6. The molecule has 1 unspecified atom stereocenters. The van der Waals surface area contributed by atoms with Crippen LogP contribution in [0.15, 0.2) is 0 Å². The topological polar surface area (TPSA) is 113 Å². The predicted octanol–water partition coefficient (Wildman–Crippen LogP) is -6.85. The first kappa shape index (κ1) is 13.8. The molecule has 5 atom stereocenters. The van der Waals surface area contributed by atoms with Crippen LogP contribution in [0.5, 0.6) is 0 Å². The van der Waals surface area contributed by atoms with Gasteiger partial charge >= 0.3 is 29.6 Å². The van der Waals surface area contributed by atoms with E-state index in [1.807, 2.05) is 0 Å². The molecule has 1 aliphatic rings. The molecular weight excluding hydrogens is 191 g/mol. The van der Waals surface area contributed by atoms with Gasteiger partial charge in [0.25, 0.3) is 0 Å². The van der Waals surface area contributed by atoms with Crippen molar-refractivity contribution in [3.8, 4) is 0 Å². The average Bonchev–Trinajstić information content (AvgIpc) is 2.08. The summed E-state index contributed by atoms with van der Waals surface area (Å²) in [5.74, 6) is 0. The molecule has 1 rings (SSSR count). The summed E-state index contributed by atoms with van der Waals surface area (Å²) in [5, 5.41) is 46.3. The Labute approximate surface area is 97.1 Å². The van der Waals surface area contributed by atoms with E-state index < -0.39 is 37.3 Å². The van der Waals surface area contributed by atoms with Crippen LogP contribution in [0.2, 0.25) is 0 Å². The second-order valence-electron chi connectivity index (χ2n) is 2.70. The number of ether oxygens (including phenoxy) is 1. The molecule has 7 heteroatoms. The first-order chi connectivity index (χ1) is 5.57. The van der Waals surface area contributed by atoms with Gasteiger partial charge in [0.1, 0.15) is 18.3 Å². The van der Waals surface area contributed by atoms with Gasteiger partial charge < -0.3 is 30.3 Å². The van der Waals surface area contributed by atoms with E-state index in [4.69, 9.17) is 20.4 Å². The van der Waals surface area contributed by atoms with Crippen molar-refractivity contribution in [2.45, 2.75) is 30.7 Å². The summed E-state index contributed by atoms with van der Waals surface area (Å²) in [6.07, 6.45) is -7.57. The Morgan fingerprint density at radius 3 is 2.08 bits per heavy atom. The molecule has 0 aromatic rings. The Morgan fingerprint density at radius 1 is 1.08 bits per heavy atom. The molecule has 0 aromatic carbocycles. The molecular formula is C6H11NaO6. The van der Waals surface area contributed by atoms with Crippen LogP contribution in [0.4, 0.5) is 0 Å². The molecule has 4 N–H and O–H groups in total. The van der Waals surface area contributed by atoms with Crippen LogP contribution in [-0.4, -0.2) is 57.7 Å². The number of hydrogen-bond donors (Lipinski definition) is 4. The van der Waals surface area contributed by atoms with Gasteiger partial charge in [0.05, 0.1) is 12.7 Å². The molecule has 0 spiro atoms. The average molecular weight is 202 g/mol. The Morgan fingerprint density at radius 2 is 1.62 bits per heavy atom. The maximum Gasteiger partial charge on any atom is 1.00 e. The van der Waals surface area contributed by atoms with Crippen LogP contribution in [0.1, 0.15) is 0 Å². The summed E-state index contributed by atoms with van der Waals surface area (Å²) in [6, 6.07) is 0. The smallest absolute Gasteiger partial charge is 0.829 e. The van der Waals surface area contributed by atoms with Crippen molar-refractivity contribution in [2.75, 3.05) is 6.61 Å². The molecule has 1 saturated heterocycles. The molecule has 0 radical (unpaired) electrons. The van der Waals surface area contributed by atoms with Crippen LogP contribution in [0.3, 0.4) is 0 Å². The van der Waals surface area contributed by atoms with Gasteiger partial charge in [0, 0.05) is 6.29 Å². The maximum absolute atomic E-state index is 10.7. The normalized spacial score (nSPS) is 45.5. The van der Waals surface area contributed by atoms with Crippen LogP contribution < -0.4 is 34.7 Å². The summed E-state index contributed by atoms with van der Waals surface area (Å²) in [5.41, 5.74) is 0. The quantitative estimate of drug-likeness (QED) is 0.314. The van der Waals surface area contributed by atoms with Crippen molar-refractivity contribution < 1.29 is 59.8 Å². The van der Waals surface area contributed by atoms with Crippen LogP contribution in [-0.2, 0) is 4.74 Å². The van der Waals surface area contributed by atoms with E-state index in [1.54, 1.807) is 0 Å². The first-order valence-corrected chi connectivity index (χ1v) is 3.54. The second kappa shape index (κ2) is 5.59. The van der Waals surface area contributed by atoms with Crippen LogP contribution in [0, 0.1) is 0 Å². The summed E-state index contributed by atoms with van der Waals surface area (Å²) >= 11 is 0. The minimum absolute atomic E-state index is 0. The standard InChI is InChI=1S/C6H11O6.Na/c7-1-2-3(8)4(9)5(10)6(11)12-2;/h2-10H,1H2;/q-1;+1/t2-,3-,4+,5+,6?;/m1./s1. The van der Waals surface area contributed by atoms with Crippen molar-refractivity contribution in [1.82, 2.24) is 0 Å². The fraction of sp³-hybridized carbons (Fsp3) is 1.00. The third-order valence-electron chi connectivity index (χ3n) is 1.85. The van der Waals surface area contributed by atoms with Gasteiger partial charge in [-0.2, -0.15) is 0 Å². The van der Waals surface area contributed by atoms with Gasteiger partial charge in [-0.25, -0.2) is 0 Å².